The molecule has 0 aliphatic rings. The van der Waals surface area contributed by atoms with Crippen molar-refractivity contribution < 1.29 is 37.6 Å². The molecule has 0 amide bonds. The van der Waals surface area contributed by atoms with E-state index >= 15 is 0 Å². The minimum Gasteiger partial charge on any atom is -0.462 e. The first-order valence-electron chi connectivity index (χ1n) is 21.2. The summed E-state index contributed by atoms with van der Waals surface area (Å²) in [4.78, 5) is 34.3. The van der Waals surface area contributed by atoms with E-state index in [0.717, 1.165) is 71.3 Å². The van der Waals surface area contributed by atoms with Crippen LogP contribution in [0.2, 0.25) is 0 Å². The minimum atomic E-state index is -4.26. The molecule has 0 aromatic rings. The van der Waals surface area contributed by atoms with Gasteiger partial charge in [-0.25, -0.2) is 4.57 Å². The second-order valence-corrected chi connectivity index (χ2v) is 15.7. The second-order valence-electron chi connectivity index (χ2n) is 14.1. The highest BCUT2D eigenvalue weighted by Crippen LogP contribution is 2.42. The molecule has 0 bridgehead atoms. The predicted octanol–water partition coefficient (Wildman–Crippen LogP) is 13.2. The average Bonchev–Trinajstić information content (AvgIpc) is 3.13. The fourth-order valence-corrected chi connectivity index (χ4v) is 6.27. The lowest BCUT2D eigenvalue weighted by molar-refractivity contribution is -0.161. The summed E-state index contributed by atoms with van der Waals surface area (Å²) in [6.45, 7) is 3.81. The highest BCUT2D eigenvalue weighted by Gasteiger charge is 2.24. The average molecular weight is 755 g/mol. The maximum Gasteiger partial charge on any atom is 0.472 e. The molecule has 9 heteroatoms. The Balaban J connectivity index is 3.92. The number of unbranched alkanes of at least 4 members (excludes halogenated alkanes) is 22. The van der Waals surface area contributed by atoms with Gasteiger partial charge >= 0.3 is 19.8 Å². The molecule has 304 valence electrons. The van der Waals surface area contributed by atoms with Crippen molar-refractivity contribution in [2.24, 2.45) is 0 Å². The molecule has 2 unspecified atom stereocenters. The smallest absolute Gasteiger partial charge is 0.462 e. The van der Waals surface area contributed by atoms with E-state index in [-0.39, 0.29) is 25.4 Å². The van der Waals surface area contributed by atoms with Crippen LogP contribution in [-0.4, -0.2) is 43.3 Å². The summed E-state index contributed by atoms with van der Waals surface area (Å²) in [5.41, 5.74) is 0. The number of allylic oxidation sites excluding steroid dienone is 6. The van der Waals surface area contributed by atoms with Crippen molar-refractivity contribution >= 4 is 19.8 Å². The zero-order valence-corrected chi connectivity index (χ0v) is 34.6. The molecular weight excluding hydrogens is 675 g/mol. The van der Waals surface area contributed by atoms with Crippen LogP contribution >= 0.6 is 7.82 Å². The maximum absolute atomic E-state index is 12.5. The first-order chi connectivity index (χ1) is 25.3. The van der Waals surface area contributed by atoms with E-state index in [1.807, 2.05) is 0 Å². The maximum atomic E-state index is 12.5. The number of carbonyl (C=O) groups is 2. The number of phosphoric ester groups is 1. The molecule has 0 aromatic heterocycles. The van der Waals surface area contributed by atoms with Crippen LogP contribution in [0.5, 0.6) is 0 Å². The number of ether oxygens (including phenoxy) is 2. The van der Waals surface area contributed by atoms with Crippen molar-refractivity contribution in [2.75, 3.05) is 20.3 Å². The molecule has 0 aromatic carbocycles. The van der Waals surface area contributed by atoms with Crippen molar-refractivity contribution in [3.8, 4) is 0 Å². The Labute approximate surface area is 319 Å². The largest absolute Gasteiger partial charge is 0.472 e. The molecule has 0 saturated carbocycles. The van der Waals surface area contributed by atoms with Gasteiger partial charge in [0.05, 0.1) is 6.61 Å². The summed E-state index contributed by atoms with van der Waals surface area (Å²) in [6, 6.07) is 0. The van der Waals surface area contributed by atoms with E-state index in [1.165, 1.54) is 103 Å². The molecule has 0 fully saturated rings. The van der Waals surface area contributed by atoms with Crippen molar-refractivity contribution in [2.45, 2.75) is 206 Å². The quantitative estimate of drug-likeness (QED) is 0.0286. The third kappa shape index (κ3) is 38.0. The summed E-state index contributed by atoms with van der Waals surface area (Å²) >= 11 is 0. The van der Waals surface area contributed by atoms with Crippen LogP contribution in [0.1, 0.15) is 200 Å². The Bertz CT molecular complexity index is 947. The standard InChI is InChI=1S/C43H79O8P/c1-4-6-8-10-12-14-16-17-18-19-20-21-22-23-24-25-26-27-28-30-32-34-36-38-43(45)51-41(40-50-52(46,47)48-3)39-49-42(44)37-35-33-31-29-15-13-11-9-7-5-2/h9,11,16-17,19-20,41H,4-8,10,12-15,18,21-40H2,1-3H3,(H,46,47)/b11-9-,17-16-,20-19-. The number of hydrogen-bond donors (Lipinski definition) is 1. The van der Waals surface area contributed by atoms with E-state index in [0.29, 0.717) is 6.42 Å². The molecule has 0 aliphatic carbocycles. The van der Waals surface area contributed by atoms with Crippen molar-refractivity contribution in [3.63, 3.8) is 0 Å². The van der Waals surface area contributed by atoms with Gasteiger partial charge in [0.1, 0.15) is 6.61 Å². The summed E-state index contributed by atoms with van der Waals surface area (Å²) in [7, 11) is -3.20. The first kappa shape index (κ1) is 50.3. The Morgan fingerprint density at radius 3 is 1.44 bits per heavy atom. The molecule has 0 saturated heterocycles. The molecular formula is C43H79O8P. The number of esters is 2. The van der Waals surface area contributed by atoms with E-state index in [1.54, 1.807) is 0 Å². The van der Waals surface area contributed by atoms with Gasteiger partial charge in [-0.3, -0.25) is 18.6 Å². The first-order valence-corrected chi connectivity index (χ1v) is 22.7. The van der Waals surface area contributed by atoms with Gasteiger partial charge in [0.25, 0.3) is 0 Å². The van der Waals surface area contributed by atoms with E-state index in [2.05, 4.69) is 54.8 Å². The SMILES string of the molecule is CCC/C=C\CCCCCCCC(=O)OCC(COP(=O)(O)OC)OC(=O)CCCCCCCCCCCCC/C=C\C/C=C\CCCCCCC. The molecule has 0 heterocycles. The normalized spacial score (nSPS) is 13.7. The van der Waals surface area contributed by atoms with Crippen molar-refractivity contribution in [1.82, 2.24) is 0 Å². The summed E-state index contributed by atoms with van der Waals surface area (Å²) in [6.07, 6.45) is 44.9. The third-order valence-corrected chi connectivity index (χ3v) is 10.0. The molecule has 0 radical (unpaired) electrons. The van der Waals surface area contributed by atoms with Crippen LogP contribution in [0.25, 0.3) is 0 Å². The Hall–Kier alpha value is -1.73. The topological polar surface area (TPSA) is 108 Å². The van der Waals surface area contributed by atoms with Gasteiger partial charge in [-0.15, -0.1) is 0 Å². The molecule has 1 N–H and O–H groups in total. The lowest BCUT2D eigenvalue weighted by Crippen LogP contribution is -2.29. The summed E-state index contributed by atoms with van der Waals surface area (Å²) in [5.74, 6) is -0.817. The highest BCUT2D eigenvalue weighted by atomic mass is 31.2. The van der Waals surface area contributed by atoms with E-state index in [9.17, 15) is 19.0 Å². The van der Waals surface area contributed by atoms with Gasteiger partial charge in [0, 0.05) is 20.0 Å². The highest BCUT2D eigenvalue weighted by molar-refractivity contribution is 7.47. The molecule has 0 rings (SSSR count). The second kappa shape index (κ2) is 39.0. The molecule has 8 nitrogen and oxygen atoms in total. The monoisotopic (exact) mass is 755 g/mol. The van der Waals surface area contributed by atoms with Crippen molar-refractivity contribution in [3.05, 3.63) is 36.5 Å². The van der Waals surface area contributed by atoms with E-state index < -0.39 is 26.5 Å². The zero-order chi connectivity index (χ0) is 38.2. The number of phosphoric acid groups is 1. The number of hydrogen-bond acceptors (Lipinski definition) is 7. The molecule has 52 heavy (non-hydrogen) atoms. The fraction of sp³-hybridized carbons (Fsp3) is 0.814. The summed E-state index contributed by atoms with van der Waals surface area (Å²) < 4.78 is 31.9. The van der Waals surface area contributed by atoms with Crippen LogP contribution in [0.3, 0.4) is 0 Å². The minimum absolute atomic E-state index is 0.230. The van der Waals surface area contributed by atoms with Crippen LogP contribution in [0.15, 0.2) is 36.5 Å². The lowest BCUT2D eigenvalue weighted by atomic mass is 10.0. The van der Waals surface area contributed by atoms with Gasteiger partial charge in [-0.2, -0.15) is 0 Å². The van der Waals surface area contributed by atoms with Crippen LogP contribution in [-0.2, 0) is 32.7 Å². The zero-order valence-electron chi connectivity index (χ0n) is 33.7. The van der Waals surface area contributed by atoms with E-state index in [4.69, 9.17) is 14.0 Å². The van der Waals surface area contributed by atoms with Crippen molar-refractivity contribution in [1.29, 1.82) is 0 Å². The van der Waals surface area contributed by atoms with Gasteiger partial charge in [-0.1, -0.05) is 159 Å². The van der Waals surface area contributed by atoms with Crippen LogP contribution in [0.4, 0.5) is 0 Å². The molecule has 0 spiro atoms. The fourth-order valence-electron chi connectivity index (χ4n) is 5.81. The van der Waals surface area contributed by atoms with Gasteiger partial charge in [-0.05, 0) is 64.2 Å². The Morgan fingerprint density at radius 1 is 0.538 bits per heavy atom. The predicted molar refractivity (Wildman–Crippen MR) is 216 cm³/mol. The van der Waals surface area contributed by atoms with Crippen LogP contribution < -0.4 is 0 Å². The third-order valence-electron chi connectivity index (χ3n) is 9.09. The van der Waals surface area contributed by atoms with Gasteiger partial charge < -0.3 is 14.4 Å². The van der Waals surface area contributed by atoms with Gasteiger partial charge in [0.2, 0.25) is 0 Å². The Kier molecular flexibility index (Phi) is 37.7. The number of carbonyl (C=O) groups excluding carboxylic acids is 2. The van der Waals surface area contributed by atoms with Gasteiger partial charge in [0.15, 0.2) is 6.10 Å². The molecule has 0 aliphatic heterocycles. The van der Waals surface area contributed by atoms with Crippen LogP contribution in [0, 0.1) is 0 Å². The molecule has 2 atom stereocenters. The lowest BCUT2D eigenvalue weighted by Gasteiger charge is -2.19. The Morgan fingerprint density at radius 2 is 0.962 bits per heavy atom. The summed E-state index contributed by atoms with van der Waals surface area (Å²) in [5, 5.41) is 0. The number of rotatable bonds is 39.